The highest BCUT2D eigenvalue weighted by Gasteiger charge is 2.39. The monoisotopic (exact) mass is 960 g/mol. The lowest BCUT2D eigenvalue weighted by molar-refractivity contribution is -0.142. The molecule has 2 aliphatic rings. The number of hydrogen-bond acceptors (Lipinski definition) is 8. The fourth-order valence-corrected chi connectivity index (χ4v) is 7.95. The number of carbonyl (C=O) groups is 2. The molecular weight excluding hydrogens is 911 g/mol. The molecule has 68 heavy (non-hydrogen) atoms. The average molecular weight is 961 g/mol. The summed E-state index contributed by atoms with van der Waals surface area (Å²) >= 11 is 0. The second-order valence-electron chi connectivity index (χ2n) is 15.9. The van der Waals surface area contributed by atoms with Crippen LogP contribution in [0.15, 0.2) is 110 Å². The Bertz CT molecular complexity index is 2420. The van der Waals surface area contributed by atoms with E-state index in [1.54, 1.807) is 82.9 Å². The predicted molar refractivity (Wildman–Crippen MR) is 237 cm³/mol. The van der Waals surface area contributed by atoms with E-state index in [-0.39, 0.29) is 91.6 Å². The van der Waals surface area contributed by atoms with Gasteiger partial charge in [0, 0.05) is 112 Å². The Labute approximate surface area is 386 Å². The van der Waals surface area contributed by atoms with E-state index >= 15 is 0 Å². The topological polar surface area (TPSA) is 116 Å². The molecule has 10 nitrogen and oxygen atoms in total. The van der Waals surface area contributed by atoms with Crippen LogP contribution in [-0.4, -0.2) is 92.7 Å². The van der Waals surface area contributed by atoms with E-state index in [0.29, 0.717) is 44.1 Å². The fraction of sp³-hybridized carbons (Fsp3) is 0.375. The number of carbonyl (C=O) groups excluding carboxylic acids is 2. The van der Waals surface area contributed by atoms with Gasteiger partial charge in [-0.2, -0.15) is 26.3 Å². The first-order valence-electron chi connectivity index (χ1n) is 20.8. The summed E-state index contributed by atoms with van der Waals surface area (Å²) in [6.07, 6.45) is -5.20. The predicted octanol–water partition coefficient (Wildman–Crippen LogP) is 11.0. The van der Waals surface area contributed by atoms with Crippen LogP contribution < -0.4 is 10.6 Å². The number of hydrogen-bond donors (Lipinski definition) is 2. The molecule has 2 saturated heterocycles. The van der Waals surface area contributed by atoms with Crippen LogP contribution in [0.5, 0.6) is 0 Å². The van der Waals surface area contributed by atoms with Gasteiger partial charge in [0.1, 0.15) is 11.4 Å². The van der Waals surface area contributed by atoms with Crippen molar-refractivity contribution in [2.75, 3.05) is 39.3 Å². The van der Waals surface area contributed by atoms with Crippen molar-refractivity contribution in [3.05, 3.63) is 143 Å². The van der Waals surface area contributed by atoms with Gasteiger partial charge in [0.05, 0.1) is 23.1 Å². The molecular formula is C48H50F10N8O2. The molecule has 0 aliphatic carbocycles. The van der Waals surface area contributed by atoms with Crippen LogP contribution in [0.4, 0.5) is 43.9 Å². The van der Waals surface area contributed by atoms with Gasteiger partial charge in [0.2, 0.25) is 0 Å². The lowest BCUT2D eigenvalue weighted by Gasteiger charge is -2.37. The van der Waals surface area contributed by atoms with Gasteiger partial charge in [-0.25, -0.2) is 17.6 Å². The van der Waals surface area contributed by atoms with Gasteiger partial charge in [-0.3, -0.25) is 39.3 Å². The standard InChI is InChI=1S/2C23H21F5N4O.2CH4/c2*24-22(25)8-11-32(12-9-22)19(15-6-7-20(30-13-15)23(26,27)28)14-31-21(33)17-3-1-5-18-16(17)4-2-10-29-18;;/h2*1-7,10,13,19H,8-9,11-12,14H2,(H,31,33);2*1H4. The number of likely N-dealkylation sites (tertiary alicyclic amines) is 2. The Hall–Kier alpha value is -6.28. The van der Waals surface area contributed by atoms with Gasteiger partial charge in [-0.15, -0.1) is 0 Å². The Morgan fingerprint density at radius 3 is 1.22 bits per heavy atom. The second-order valence-corrected chi connectivity index (χ2v) is 15.9. The number of pyridine rings is 4. The molecule has 2 aromatic carbocycles. The van der Waals surface area contributed by atoms with Crippen molar-refractivity contribution in [3.63, 3.8) is 0 Å². The minimum absolute atomic E-state index is 0. The largest absolute Gasteiger partial charge is 0.433 e. The zero-order valence-corrected chi connectivity index (χ0v) is 34.9. The number of halogens is 10. The van der Waals surface area contributed by atoms with Crippen molar-refractivity contribution in [2.24, 2.45) is 0 Å². The highest BCUT2D eigenvalue weighted by molar-refractivity contribution is 6.06. The summed E-state index contributed by atoms with van der Waals surface area (Å²) in [6, 6.07) is 20.3. The van der Waals surface area contributed by atoms with Gasteiger partial charge in [-0.05, 0) is 59.7 Å². The third kappa shape index (κ3) is 13.0. The zero-order chi connectivity index (χ0) is 47.3. The molecule has 0 spiro atoms. The molecule has 20 heteroatoms. The summed E-state index contributed by atoms with van der Waals surface area (Å²) in [7, 11) is 0. The van der Waals surface area contributed by atoms with Crippen LogP contribution in [0.3, 0.4) is 0 Å². The van der Waals surface area contributed by atoms with Crippen LogP contribution in [0.25, 0.3) is 21.8 Å². The number of nitrogens with zero attached hydrogens (tertiary/aromatic N) is 6. The molecule has 364 valence electrons. The molecule has 6 heterocycles. The lowest BCUT2D eigenvalue weighted by Crippen LogP contribution is -2.45. The molecule has 0 saturated carbocycles. The highest BCUT2D eigenvalue weighted by atomic mass is 19.4. The first-order valence-corrected chi connectivity index (χ1v) is 20.8. The van der Waals surface area contributed by atoms with Gasteiger partial charge in [0.15, 0.2) is 0 Å². The van der Waals surface area contributed by atoms with E-state index in [1.807, 2.05) is 0 Å². The number of benzene rings is 2. The second kappa shape index (κ2) is 21.8. The normalized spacial score (nSPS) is 17.1. The maximum absolute atomic E-state index is 13.7. The summed E-state index contributed by atoms with van der Waals surface area (Å²) in [5.41, 5.74) is 0.829. The number of fused-ring (bicyclic) bond motifs is 2. The number of alkyl halides is 10. The molecule has 4 aromatic heterocycles. The van der Waals surface area contributed by atoms with Crippen molar-refractivity contribution in [3.8, 4) is 0 Å². The minimum atomic E-state index is -4.59. The van der Waals surface area contributed by atoms with E-state index in [4.69, 9.17) is 0 Å². The van der Waals surface area contributed by atoms with Crippen molar-refractivity contribution < 1.29 is 53.5 Å². The SMILES string of the molecule is C.C.O=C(NCC(c1ccc(C(F)(F)F)nc1)N1CCC(F)(F)CC1)c1cccc2ncccc12.O=C(NCC(c1ccc(C(F)(F)F)nc1)N1CCC(F)(F)CC1)c1cccc2ncccc12. The van der Waals surface area contributed by atoms with E-state index in [0.717, 1.165) is 24.5 Å². The van der Waals surface area contributed by atoms with Crippen molar-refractivity contribution in [1.82, 2.24) is 40.4 Å². The van der Waals surface area contributed by atoms with Crippen LogP contribution in [0.1, 0.15) is 95.9 Å². The fourth-order valence-electron chi connectivity index (χ4n) is 7.95. The van der Waals surface area contributed by atoms with Gasteiger partial charge in [0.25, 0.3) is 23.7 Å². The molecule has 8 rings (SSSR count). The van der Waals surface area contributed by atoms with E-state index in [1.165, 1.54) is 12.1 Å². The van der Waals surface area contributed by atoms with Crippen LogP contribution >= 0.6 is 0 Å². The number of rotatable bonds is 10. The third-order valence-electron chi connectivity index (χ3n) is 11.6. The van der Waals surface area contributed by atoms with Crippen molar-refractivity contribution >= 4 is 33.6 Å². The third-order valence-corrected chi connectivity index (χ3v) is 11.6. The number of nitrogens with one attached hydrogen (secondary N) is 2. The maximum Gasteiger partial charge on any atom is 0.433 e. The van der Waals surface area contributed by atoms with Crippen LogP contribution in [0, 0.1) is 0 Å². The molecule has 2 atom stereocenters. The molecule has 2 aliphatic heterocycles. The molecule has 2 fully saturated rings. The van der Waals surface area contributed by atoms with Crippen LogP contribution in [0.2, 0.25) is 0 Å². The Morgan fingerprint density at radius 1 is 0.529 bits per heavy atom. The quantitative estimate of drug-likeness (QED) is 0.130. The van der Waals surface area contributed by atoms with E-state index < -0.39 is 47.7 Å². The van der Waals surface area contributed by atoms with E-state index in [2.05, 4.69) is 30.6 Å². The average Bonchev–Trinajstić information content (AvgIpc) is 3.29. The van der Waals surface area contributed by atoms with E-state index in [9.17, 15) is 53.5 Å². The summed E-state index contributed by atoms with van der Waals surface area (Å²) in [5, 5.41) is 6.92. The van der Waals surface area contributed by atoms with Crippen LogP contribution in [-0.2, 0) is 12.4 Å². The minimum Gasteiger partial charge on any atom is -0.350 e. The molecule has 6 aromatic rings. The number of amides is 2. The number of aromatic nitrogens is 4. The zero-order valence-electron chi connectivity index (χ0n) is 34.9. The molecule has 0 bridgehead atoms. The van der Waals surface area contributed by atoms with Crippen molar-refractivity contribution in [2.45, 2.75) is 76.8 Å². The summed E-state index contributed by atoms with van der Waals surface area (Å²) in [5.74, 6) is -6.33. The van der Waals surface area contributed by atoms with Gasteiger partial charge < -0.3 is 10.6 Å². The first-order chi connectivity index (χ1) is 31.3. The first kappa shape index (κ1) is 52.7. The summed E-state index contributed by atoms with van der Waals surface area (Å²) in [6.45, 7) is 0.237. The molecule has 2 N–H and O–H groups in total. The van der Waals surface area contributed by atoms with Gasteiger partial charge >= 0.3 is 12.4 Å². The Kier molecular flexibility index (Phi) is 16.9. The molecule has 2 amide bonds. The molecule has 2 unspecified atom stereocenters. The lowest BCUT2D eigenvalue weighted by atomic mass is 10.0. The summed E-state index contributed by atoms with van der Waals surface area (Å²) < 4.78 is 132. The number of piperidine rings is 2. The summed E-state index contributed by atoms with van der Waals surface area (Å²) in [4.78, 5) is 44.8. The maximum atomic E-state index is 13.7. The Balaban J connectivity index is 0.000000247. The smallest absolute Gasteiger partial charge is 0.350 e. The highest BCUT2D eigenvalue weighted by Crippen LogP contribution is 2.36. The Morgan fingerprint density at radius 2 is 0.897 bits per heavy atom. The molecule has 0 radical (unpaired) electrons. The van der Waals surface area contributed by atoms with Gasteiger partial charge in [-0.1, -0.05) is 51.3 Å². The van der Waals surface area contributed by atoms with Crippen molar-refractivity contribution in [1.29, 1.82) is 0 Å².